The molecule has 0 unspecified atom stereocenters. The van der Waals surface area contributed by atoms with Gasteiger partial charge in [0.05, 0.1) is 12.6 Å². The first-order valence-corrected chi connectivity index (χ1v) is 7.21. The Morgan fingerprint density at radius 1 is 1.17 bits per heavy atom. The van der Waals surface area contributed by atoms with Crippen molar-refractivity contribution < 1.29 is 19.4 Å². The minimum absolute atomic E-state index is 0.109. The lowest BCUT2D eigenvalue weighted by Gasteiger charge is -2.18. The van der Waals surface area contributed by atoms with Crippen molar-refractivity contribution in [3.63, 3.8) is 0 Å². The van der Waals surface area contributed by atoms with E-state index in [0.717, 1.165) is 5.56 Å². The molecule has 6 nitrogen and oxygen atoms in total. The van der Waals surface area contributed by atoms with Gasteiger partial charge in [0.15, 0.2) is 11.5 Å². The van der Waals surface area contributed by atoms with Crippen LogP contribution in [0.5, 0.6) is 17.2 Å². The van der Waals surface area contributed by atoms with E-state index in [-0.39, 0.29) is 18.1 Å². The molecular formula is C17H16N2O4. The molecule has 0 saturated heterocycles. The molecule has 1 aliphatic rings. The Hall–Kier alpha value is -3.02. The number of nitrogens with zero attached hydrogens (tertiary/aromatic N) is 1. The highest BCUT2D eigenvalue weighted by atomic mass is 16.6. The van der Waals surface area contributed by atoms with E-state index in [2.05, 4.69) is 10.5 Å². The lowest BCUT2D eigenvalue weighted by atomic mass is 10.1. The molecule has 1 aliphatic heterocycles. The number of nitrogens with one attached hydrogen (secondary N) is 1. The van der Waals surface area contributed by atoms with Gasteiger partial charge in [-0.3, -0.25) is 4.79 Å². The van der Waals surface area contributed by atoms with Crippen molar-refractivity contribution in [1.29, 1.82) is 0 Å². The Labute approximate surface area is 133 Å². The fraction of sp³-hybridized carbons (Fsp3) is 0.176. The maximum absolute atomic E-state index is 11.9. The summed E-state index contributed by atoms with van der Waals surface area (Å²) in [6.45, 7) is 1.04. The molecule has 0 radical (unpaired) electrons. The maximum atomic E-state index is 11.9. The van der Waals surface area contributed by atoms with Crippen LogP contribution in [0.3, 0.4) is 0 Å². The number of rotatable bonds is 4. The van der Waals surface area contributed by atoms with Gasteiger partial charge in [-0.1, -0.05) is 18.2 Å². The molecule has 0 fully saturated rings. The number of ether oxygens (including phenoxy) is 2. The number of aromatic hydroxyl groups is 1. The molecule has 1 heterocycles. The molecule has 0 bridgehead atoms. The van der Waals surface area contributed by atoms with E-state index in [1.807, 2.05) is 6.07 Å². The highest BCUT2D eigenvalue weighted by molar-refractivity contribution is 5.85. The van der Waals surface area contributed by atoms with E-state index in [4.69, 9.17) is 9.47 Å². The van der Waals surface area contributed by atoms with Gasteiger partial charge >= 0.3 is 0 Å². The van der Waals surface area contributed by atoms with Crippen molar-refractivity contribution in [3.05, 3.63) is 53.6 Å². The number of amides is 1. The summed E-state index contributed by atoms with van der Waals surface area (Å²) in [7, 11) is 0. The predicted molar refractivity (Wildman–Crippen MR) is 85.0 cm³/mol. The monoisotopic (exact) mass is 312 g/mol. The fourth-order valence-electron chi connectivity index (χ4n) is 2.19. The summed E-state index contributed by atoms with van der Waals surface area (Å²) in [6, 6.07) is 12.2. The Balaban J connectivity index is 1.58. The number of hydrogen-bond acceptors (Lipinski definition) is 5. The van der Waals surface area contributed by atoms with Crippen LogP contribution in [0.4, 0.5) is 0 Å². The van der Waals surface area contributed by atoms with Crippen LogP contribution in [0.15, 0.2) is 47.6 Å². The molecule has 2 N–H and O–H groups in total. The SMILES string of the molecule is O=C(Cc1ccc2c(c1)OCCO2)N/N=C/c1ccccc1O. The number of hydrazone groups is 1. The lowest BCUT2D eigenvalue weighted by molar-refractivity contribution is -0.120. The van der Waals surface area contributed by atoms with Crippen LogP contribution in [0.1, 0.15) is 11.1 Å². The van der Waals surface area contributed by atoms with Crippen molar-refractivity contribution in [2.75, 3.05) is 13.2 Å². The van der Waals surface area contributed by atoms with E-state index >= 15 is 0 Å². The summed E-state index contributed by atoms with van der Waals surface area (Å²) in [5, 5.41) is 13.4. The molecule has 0 atom stereocenters. The third kappa shape index (κ3) is 3.79. The predicted octanol–water partition coefficient (Wildman–Crippen LogP) is 1.86. The number of fused-ring (bicyclic) bond motifs is 1. The van der Waals surface area contributed by atoms with Crippen LogP contribution < -0.4 is 14.9 Å². The van der Waals surface area contributed by atoms with E-state index in [1.165, 1.54) is 6.21 Å². The number of hydrogen-bond donors (Lipinski definition) is 2. The summed E-state index contributed by atoms with van der Waals surface area (Å²) in [4.78, 5) is 11.9. The third-order valence-corrected chi connectivity index (χ3v) is 3.30. The Morgan fingerprint density at radius 2 is 1.96 bits per heavy atom. The molecule has 0 spiro atoms. The van der Waals surface area contributed by atoms with Gasteiger partial charge in [0.25, 0.3) is 0 Å². The van der Waals surface area contributed by atoms with Crippen LogP contribution in [-0.4, -0.2) is 30.4 Å². The standard InChI is InChI=1S/C17H16N2O4/c20-14-4-2-1-3-13(14)11-18-19-17(21)10-12-5-6-15-16(9-12)23-8-7-22-15/h1-6,9,11,20H,7-8,10H2,(H,19,21)/b18-11+. The Kier molecular flexibility index (Phi) is 4.42. The van der Waals surface area contributed by atoms with Gasteiger partial charge in [-0.15, -0.1) is 0 Å². The van der Waals surface area contributed by atoms with Crippen molar-refractivity contribution in [3.8, 4) is 17.2 Å². The van der Waals surface area contributed by atoms with E-state index < -0.39 is 0 Å². The van der Waals surface area contributed by atoms with Gasteiger partial charge in [0, 0.05) is 5.56 Å². The van der Waals surface area contributed by atoms with Gasteiger partial charge in [0.2, 0.25) is 5.91 Å². The number of carbonyl (C=O) groups is 1. The second-order valence-corrected chi connectivity index (χ2v) is 5.01. The van der Waals surface area contributed by atoms with Gasteiger partial charge < -0.3 is 14.6 Å². The highest BCUT2D eigenvalue weighted by Gasteiger charge is 2.12. The number of benzene rings is 2. The normalized spacial score (nSPS) is 13.0. The first-order chi connectivity index (χ1) is 11.2. The second kappa shape index (κ2) is 6.83. The number of carbonyl (C=O) groups excluding carboxylic acids is 1. The molecule has 23 heavy (non-hydrogen) atoms. The number of phenols is 1. The molecule has 3 rings (SSSR count). The lowest BCUT2D eigenvalue weighted by Crippen LogP contribution is -2.20. The maximum Gasteiger partial charge on any atom is 0.244 e. The molecule has 0 aliphatic carbocycles. The zero-order valence-electron chi connectivity index (χ0n) is 12.4. The summed E-state index contributed by atoms with van der Waals surface area (Å²) < 4.78 is 10.9. The molecule has 0 aromatic heterocycles. The minimum Gasteiger partial charge on any atom is -0.507 e. The van der Waals surface area contributed by atoms with Crippen molar-refractivity contribution >= 4 is 12.1 Å². The first-order valence-electron chi connectivity index (χ1n) is 7.21. The van der Waals surface area contributed by atoms with Crippen LogP contribution >= 0.6 is 0 Å². The highest BCUT2D eigenvalue weighted by Crippen LogP contribution is 2.30. The Morgan fingerprint density at radius 3 is 2.78 bits per heavy atom. The van der Waals surface area contributed by atoms with Crippen molar-refractivity contribution in [2.24, 2.45) is 5.10 Å². The smallest absolute Gasteiger partial charge is 0.244 e. The largest absolute Gasteiger partial charge is 0.507 e. The molecule has 1 amide bonds. The molecule has 6 heteroatoms. The van der Waals surface area contributed by atoms with Crippen LogP contribution in [-0.2, 0) is 11.2 Å². The minimum atomic E-state index is -0.256. The summed E-state index contributed by atoms with van der Waals surface area (Å²) in [5.74, 6) is 1.20. The van der Waals surface area contributed by atoms with E-state index in [9.17, 15) is 9.90 Å². The summed E-state index contributed by atoms with van der Waals surface area (Å²) in [6.07, 6.45) is 1.58. The average Bonchev–Trinajstić information content (AvgIpc) is 2.56. The Bertz CT molecular complexity index is 743. The van der Waals surface area contributed by atoms with Crippen molar-refractivity contribution in [1.82, 2.24) is 5.43 Å². The van der Waals surface area contributed by atoms with E-state index in [1.54, 1.807) is 36.4 Å². The number of para-hydroxylation sites is 1. The summed E-state index contributed by atoms with van der Waals surface area (Å²) >= 11 is 0. The third-order valence-electron chi connectivity index (χ3n) is 3.30. The molecular weight excluding hydrogens is 296 g/mol. The van der Waals surface area contributed by atoms with Crippen LogP contribution in [0, 0.1) is 0 Å². The van der Waals surface area contributed by atoms with Crippen LogP contribution in [0.2, 0.25) is 0 Å². The zero-order chi connectivity index (χ0) is 16.1. The van der Waals surface area contributed by atoms with Gasteiger partial charge in [-0.25, -0.2) is 5.43 Å². The van der Waals surface area contributed by atoms with Gasteiger partial charge in [-0.05, 0) is 29.8 Å². The van der Waals surface area contributed by atoms with Crippen molar-refractivity contribution in [2.45, 2.75) is 6.42 Å². The molecule has 2 aromatic carbocycles. The second-order valence-electron chi connectivity index (χ2n) is 5.01. The molecule has 2 aromatic rings. The topological polar surface area (TPSA) is 80.2 Å². The first kappa shape index (κ1) is 14.9. The number of phenolic OH excluding ortho intramolecular Hbond substituents is 1. The fourth-order valence-corrected chi connectivity index (χ4v) is 2.19. The quantitative estimate of drug-likeness (QED) is 0.667. The summed E-state index contributed by atoms with van der Waals surface area (Å²) in [5.41, 5.74) is 3.78. The molecule has 0 saturated carbocycles. The average molecular weight is 312 g/mol. The van der Waals surface area contributed by atoms with Gasteiger partial charge in [-0.2, -0.15) is 5.10 Å². The zero-order valence-corrected chi connectivity index (χ0v) is 12.4. The van der Waals surface area contributed by atoms with Gasteiger partial charge in [0.1, 0.15) is 19.0 Å². The van der Waals surface area contributed by atoms with E-state index in [0.29, 0.717) is 30.3 Å². The molecule has 118 valence electrons. The van der Waals surface area contributed by atoms with Crippen LogP contribution in [0.25, 0.3) is 0 Å².